The summed E-state index contributed by atoms with van der Waals surface area (Å²) in [6.07, 6.45) is 5.31. The molecule has 0 saturated heterocycles. The summed E-state index contributed by atoms with van der Waals surface area (Å²) < 4.78 is 0. The molecule has 140 valence electrons. The minimum atomic E-state index is -0.379. The zero-order chi connectivity index (χ0) is 19.1. The van der Waals surface area contributed by atoms with Crippen LogP contribution in [0.25, 0.3) is 5.57 Å². The van der Waals surface area contributed by atoms with Crippen LogP contribution in [0.15, 0.2) is 84.9 Å². The lowest BCUT2D eigenvalue weighted by Gasteiger charge is -2.32. The van der Waals surface area contributed by atoms with Crippen molar-refractivity contribution in [3.05, 3.63) is 102 Å². The minimum Gasteiger partial charge on any atom is -0.0766 e. The van der Waals surface area contributed by atoms with Crippen LogP contribution >= 0.6 is 7.92 Å². The van der Waals surface area contributed by atoms with E-state index < -0.39 is 0 Å². The Morgan fingerprint density at radius 3 is 1.86 bits per heavy atom. The molecular weight excluding hydrogens is 355 g/mol. The van der Waals surface area contributed by atoms with Crippen molar-refractivity contribution >= 4 is 24.1 Å². The summed E-state index contributed by atoms with van der Waals surface area (Å²) in [4.78, 5) is 0. The molecule has 28 heavy (non-hydrogen) atoms. The van der Waals surface area contributed by atoms with Crippen LogP contribution in [0.2, 0.25) is 0 Å². The van der Waals surface area contributed by atoms with E-state index in [1.165, 1.54) is 29.5 Å². The molecule has 3 atom stereocenters. The molecule has 0 heterocycles. The fourth-order valence-electron chi connectivity index (χ4n) is 5.32. The predicted molar refractivity (Wildman–Crippen MR) is 123 cm³/mol. The van der Waals surface area contributed by atoms with Crippen LogP contribution in [0.4, 0.5) is 0 Å². The zero-order valence-electron chi connectivity index (χ0n) is 16.7. The van der Waals surface area contributed by atoms with Crippen LogP contribution in [-0.2, 0) is 0 Å². The van der Waals surface area contributed by atoms with E-state index in [-0.39, 0.29) is 7.92 Å². The highest BCUT2D eigenvalue weighted by Crippen LogP contribution is 2.61. The average molecular weight is 382 g/mol. The third kappa shape index (κ3) is 2.96. The van der Waals surface area contributed by atoms with Crippen molar-refractivity contribution in [2.24, 2.45) is 11.8 Å². The van der Waals surface area contributed by atoms with E-state index in [1.54, 1.807) is 16.2 Å². The molecule has 0 spiro atoms. The van der Waals surface area contributed by atoms with Crippen molar-refractivity contribution in [2.45, 2.75) is 32.3 Å². The second-order valence-corrected chi connectivity index (χ2v) is 10.6. The van der Waals surface area contributed by atoms with E-state index in [0.29, 0.717) is 11.8 Å². The van der Waals surface area contributed by atoms with Gasteiger partial charge in [0, 0.05) is 5.66 Å². The summed E-state index contributed by atoms with van der Waals surface area (Å²) in [7, 11) is -0.379. The number of rotatable bonds is 4. The predicted octanol–water partition coefficient (Wildman–Crippen LogP) is 6.23. The number of fused-ring (bicyclic) bond motifs is 2. The first kappa shape index (κ1) is 17.9. The van der Waals surface area contributed by atoms with E-state index in [0.717, 1.165) is 5.66 Å². The van der Waals surface area contributed by atoms with Gasteiger partial charge in [0.15, 0.2) is 0 Å². The van der Waals surface area contributed by atoms with Gasteiger partial charge in [-0.15, -0.1) is 0 Å². The van der Waals surface area contributed by atoms with Gasteiger partial charge in [-0.25, -0.2) is 0 Å². The number of hydrogen-bond donors (Lipinski definition) is 0. The van der Waals surface area contributed by atoms with Crippen molar-refractivity contribution in [3.63, 3.8) is 0 Å². The van der Waals surface area contributed by atoms with Gasteiger partial charge < -0.3 is 0 Å². The third-order valence-electron chi connectivity index (χ3n) is 6.61. The highest BCUT2D eigenvalue weighted by atomic mass is 31.1. The van der Waals surface area contributed by atoms with E-state index in [9.17, 15) is 0 Å². The van der Waals surface area contributed by atoms with Gasteiger partial charge >= 0.3 is 0 Å². The van der Waals surface area contributed by atoms with Crippen LogP contribution in [-0.4, -0.2) is 5.66 Å². The third-order valence-corrected chi connectivity index (χ3v) is 9.99. The highest BCUT2D eigenvalue weighted by Gasteiger charge is 2.47. The molecule has 5 rings (SSSR count). The molecule has 3 aromatic carbocycles. The first-order valence-electron chi connectivity index (χ1n) is 10.4. The summed E-state index contributed by atoms with van der Waals surface area (Å²) in [5, 5.41) is 3.16. The second kappa shape index (κ2) is 7.34. The zero-order valence-corrected chi connectivity index (χ0v) is 17.6. The molecule has 3 aromatic rings. The largest absolute Gasteiger partial charge is 0.0766 e. The van der Waals surface area contributed by atoms with Crippen molar-refractivity contribution in [3.8, 4) is 0 Å². The Morgan fingerprint density at radius 2 is 1.25 bits per heavy atom. The molecule has 1 heteroatoms. The molecule has 1 fully saturated rings. The summed E-state index contributed by atoms with van der Waals surface area (Å²) in [6, 6.07) is 29.3. The van der Waals surface area contributed by atoms with E-state index in [2.05, 4.69) is 98.8 Å². The van der Waals surface area contributed by atoms with E-state index in [4.69, 9.17) is 0 Å². The van der Waals surface area contributed by atoms with E-state index in [1.807, 2.05) is 0 Å². The van der Waals surface area contributed by atoms with Gasteiger partial charge in [-0.2, -0.15) is 0 Å². The van der Waals surface area contributed by atoms with Gasteiger partial charge in [-0.05, 0) is 79.3 Å². The van der Waals surface area contributed by atoms with E-state index >= 15 is 0 Å². The molecule has 0 aromatic heterocycles. The topological polar surface area (TPSA) is 0 Å². The van der Waals surface area contributed by atoms with Crippen LogP contribution in [0, 0.1) is 25.7 Å². The fraction of sp³-hybridized carbons (Fsp3) is 0.259. The highest BCUT2D eigenvalue weighted by molar-refractivity contribution is 7.74. The Balaban J connectivity index is 1.62. The molecule has 0 aliphatic heterocycles. The van der Waals surface area contributed by atoms with Crippen LogP contribution < -0.4 is 10.6 Å². The van der Waals surface area contributed by atoms with Crippen molar-refractivity contribution < 1.29 is 0 Å². The molecule has 2 aliphatic rings. The fourth-order valence-corrected chi connectivity index (χ4v) is 8.91. The summed E-state index contributed by atoms with van der Waals surface area (Å²) in [5.74, 6) is 1.41. The summed E-state index contributed by atoms with van der Waals surface area (Å²) >= 11 is 0. The molecule has 0 N–H and O–H groups in total. The Morgan fingerprint density at radius 1 is 0.679 bits per heavy atom. The quantitative estimate of drug-likeness (QED) is 0.469. The molecule has 0 nitrogen and oxygen atoms in total. The maximum Gasteiger partial charge on any atom is 0.000343 e. The molecule has 2 aliphatic carbocycles. The molecular formula is C27H27P. The second-order valence-electron chi connectivity index (χ2n) is 8.27. The average Bonchev–Trinajstić information content (AvgIpc) is 3.30. The monoisotopic (exact) mass is 382 g/mol. The standard InChI is InChI=1S/C27H27P/c1-19-10-6-8-14-25(19)28(26-15-9-7-11-20(26)2)27-22-16-17-23(27)24(18-22)21-12-4-3-5-13-21/h3-15,18,22-23,27H,16-17H2,1-2H3. The smallest absolute Gasteiger partial charge is 0.000343 e. The Bertz CT molecular complexity index is 972. The van der Waals surface area contributed by atoms with Gasteiger partial charge in [0.2, 0.25) is 0 Å². The molecule has 0 radical (unpaired) electrons. The lowest BCUT2D eigenvalue weighted by atomic mass is 9.92. The normalized spacial score (nSPS) is 23.2. The van der Waals surface area contributed by atoms with Gasteiger partial charge in [0.25, 0.3) is 0 Å². The van der Waals surface area contributed by atoms with Gasteiger partial charge in [0.1, 0.15) is 0 Å². The maximum atomic E-state index is 2.63. The Labute approximate surface area is 170 Å². The SMILES string of the molecule is Cc1ccccc1P(c1ccccc1C)C1C2C=C(c3ccccc3)C1CC2. The Kier molecular flexibility index (Phi) is 4.69. The van der Waals surface area contributed by atoms with Crippen molar-refractivity contribution in [1.29, 1.82) is 0 Å². The number of allylic oxidation sites excluding steroid dienone is 2. The van der Waals surface area contributed by atoms with Crippen molar-refractivity contribution in [2.75, 3.05) is 0 Å². The van der Waals surface area contributed by atoms with Crippen molar-refractivity contribution in [1.82, 2.24) is 0 Å². The molecule has 0 amide bonds. The lowest BCUT2D eigenvalue weighted by molar-refractivity contribution is 0.706. The molecule has 1 saturated carbocycles. The maximum absolute atomic E-state index is 2.63. The molecule has 3 unspecified atom stereocenters. The van der Waals surface area contributed by atoms with Crippen LogP contribution in [0.1, 0.15) is 29.5 Å². The van der Waals surface area contributed by atoms with Gasteiger partial charge in [0.05, 0.1) is 0 Å². The van der Waals surface area contributed by atoms with Gasteiger partial charge in [-0.1, -0.05) is 84.9 Å². The summed E-state index contributed by atoms with van der Waals surface area (Å²) in [5.41, 5.74) is 6.67. The first-order chi connectivity index (χ1) is 13.7. The summed E-state index contributed by atoms with van der Waals surface area (Å²) in [6.45, 7) is 4.59. The number of benzene rings is 3. The number of aryl methyl sites for hydroxylation is 2. The Hall–Kier alpha value is -2.17. The van der Waals surface area contributed by atoms with Crippen LogP contribution in [0.3, 0.4) is 0 Å². The lowest BCUT2D eigenvalue weighted by Crippen LogP contribution is -2.28. The molecule has 2 bridgehead atoms. The first-order valence-corrected chi connectivity index (χ1v) is 11.8. The number of hydrogen-bond acceptors (Lipinski definition) is 0. The minimum absolute atomic E-state index is 0.379. The van der Waals surface area contributed by atoms with Gasteiger partial charge in [-0.3, -0.25) is 0 Å². The van der Waals surface area contributed by atoms with Crippen LogP contribution in [0.5, 0.6) is 0 Å².